The Kier molecular flexibility index (Phi) is 3.82. The summed E-state index contributed by atoms with van der Waals surface area (Å²) in [5.41, 5.74) is 3.79. The number of nitrogens with zero attached hydrogens (tertiary/aromatic N) is 4. The van der Waals surface area contributed by atoms with Gasteiger partial charge in [-0.3, -0.25) is 4.90 Å². The predicted molar refractivity (Wildman–Crippen MR) is 86.5 cm³/mol. The van der Waals surface area contributed by atoms with Crippen molar-refractivity contribution in [2.45, 2.75) is 26.4 Å². The van der Waals surface area contributed by atoms with Crippen LogP contribution in [0.4, 0.5) is 4.39 Å². The molecule has 0 saturated carbocycles. The summed E-state index contributed by atoms with van der Waals surface area (Å²) in [4.78, 5) is 15.5. The maximum absolute atomic E-state index is 13.3. The van der Waals surface area contributed by atoms with Crippen molar-refractivity contribution in [2.24, 2.45) is 0 Å². The van der Waals surface area contributed by atoms with Crippen LogP contribution in [0.5, 0.6) is 0 Å². The van der Waals surface area contributed by atoms with E-state index in [1.165, 1.54) is 17.7 Å². The molecule has 0 N–H and O–H groups in total. The van der Waals surface area contributed by atoms with E-state index >= 15 is 0 Å². The lowest BCUT2D eigenvalue weighted by atomic mass is 10.1. The molecule has 0 fully saturated rings. The van der Waals surface area contributed by atoms with Crippen LogP contribution in [-0.2, 0) is 19.5 Å². The molecule has 0 spiro atoms. The first-order chi connectivity index (χ1) is 11.7. The Hall–Kier alpha value is -2.60. The summed E-state index contributed by atoms with van der Waals surface area (Å²) in [6.45, 7) is 4.30. The van der Waals surface area contributed by atoms with Crippen molar-refractivity contribution in [3.8, 4) is 11.5 Å². The van der Waals surface area contributed by atoms with Gasteiger partial charge in [0, 0.05) is 31.4 Å². The summed E-state index contributed by atoms with van der Waals surface area (Å²) in [6, 6.07) is 6.27. The molecule has 1 aliphatic heterocycles. The fourth-order valence-corrected chi connectivity index (χ4v) is 2.95. The predicted octanol–water partition coefficient (Wildman–Crippen LogP) is 3.14. The monoisotopic (exact) mass is 324 g/mol. The van der Waals surface area contributed by atoms with Crippen molar-refractivity contribution in [3.63, 3.8) is 0 Å². The summed E-state index contributed by atoms with van der Waals surface area (Å²) in [6.07, 6.45) is 4.50. The molecule has 0 radical (unpaired) electrons. The highest BCUT2D eigenvalue weighted by molar-refractivity contribution is 5.52. The molecule has 3 heterocycles. The third-order valence-corrected chi connectivity index (χ3v) is 4.15. The number of aryl methyl sites for hydroxylation is 1. The molecule has 0 saturated heterocycles. The minimum absolute atomic E-state index is 0.296. The molecule has 122 valence electrons. The van der Waals surface area contributed by atoms with Crippen LogP contribution in [0, 0.1) is 12.7 Å². The van der Waals surface area contributed by atoms with Gasteiger partial charge in [-0.15, -0.1) is 0 Å². The Balaban J connectivity index is 1.49. The Morgan fingerprint density at radius 3 is 3.08 bits per heavy atom. The number of aromatic nitrogens is 3. The van der Waals surface area contributed by atoms with Gasteiger partial charge in [0.25, 0.3) is 0 Å². The highest BCUT2D eigenvalue weighted by Crippen LogP contribution is 2.22. The topological polar surface area (TPSA) is 55.1 Å². The first-order valence-corrected chi connectivity index (χ1v) is 7.91. The summed E-state index contributed by atoms with van der Waals surface area (Å²) >= 11 is 0. The van der Waals surface area contributed by atoms with Gasteiger partial charge in [-0.05, 0) is 37.1 Å². The third-order valence-electron chi connectivity index (χ3n) is 4.15. The number of rotatable bonds is 3. The van der Waals surface area contributed by atoms with Gasteiger partial charge in [-0.1, -0.05) is 6.07 Å². The summed E-state index contributed by atoms with van der Waals surface area (Å²) in [5, 5.41) is 0. The van der Waals surface area contributed by atoms with Crippen LogP contribution in [0.2, 0.25) is 0 Å². The number of oxazole rings is 1. The number of benzene rings is 1. The van der Waals surface area contributed by atoms with Crippen molar-refractivity contribution in [3.05, 3.63) is 65.3 Å². The lowest BCUT2D eigenvalue weighted by Gasteiger charge is -2.26. The molecule has 24 heavy (non-hydrogen) atoms. The molecule has 1 aliphatic rings. The molecule has 3 aromatic rings. The second-order valence-electron chi connectivity index (χ2n) is 6.00. The number of hydrogen-bond donors (Lipinski definition) is 0. The Morgan fingerprint density at radius 2 is 2.21 bits per heavy atom. The van der Waals surface area contributed by atoms with Gasteiger partial charge >= 0.3 is 0 Å². The number of hydrogen-bond acceptors (Lipinski definition) is 5. The zero-order chi connectivity index (χ0) is 16.5. The van der Waals surface area contributed by atoms with Gasteiger partial charge < -0.3 is 4.42 Å². The van der Waals surface area contributed by atoms with E-state index < -0.39 is 0 Å². The van der Waals surface area contributed by atoms with Crippen LogP contribution in [0.1, 0.15) is 22.8 Å². The maximum atomic E-state index is 13.3. The summed E-state index contributed by atoms with van der Waals surface area (Å²) in [7, 11) is 0. The van der Waals surface area contributed by atoms with Crippen molar-refractivity contribution < 1.29 is 8.81 Å². The number of fused-ring (bicyclic) bond motifs is 1. The SMILES string of the molecule is Cc1ncc2c(n1)CN(Cc1coc(-c3cccc(F)c3)n1)CC2. The van der Waals surface area contributed by atoms with E-state index in [4.69, 9.17) is 4.42 Å². The van der Waals surface area contributed by atoms with Gasteiger partial charge in [0.1, 0.15) is 17.9 Å². The summed E-state index contributed by atoms with van der Waals surface area (Å²) in [5.74, 6) is 0.945. The third kappa shape index (κ3) is 3.05. The quantitative estimate of drug-likeness (QED) is 0.741. The van der Waals surface area contributed by atoms with Crippen LogP contribution < -0.4 is 0 Å². The van der Waals surface area contributed by atoms with Crippen LogP contribution >= 0.6 is 0 Å². The lowest BCUT2D eigenvalue weighted by Crippen LogP contribution is -2.31. The molecule has 0 unspecified atom stereocenters. The molecule has 6 heteroatoms. The van der Waals surface area contributed by atoms with Gasteiger partial charge in [0.2, 0.25) is 5.89 Å². The van der Waals surface area contributed by atoms with Crippen molar-refractivity contribution >= 4 is 0 Å². The zero-order valence-electron chi connectivity index (χ0n) is 13.4. The van der Waals surface area contributed by atoms with Crippen molar-refractivity contribution in [1.29, 1.82) is 0 Å². The second kappa shape index (κ2) is 6.13. The fraction of sp³-hybridized carbons (Fsp3) is 0.278. The first-order valence-electron chi connectivity index (χ1n) is 7.91. The second-order valence-corrected chi connectivity index (χ2v) is 6.00. The van der Waals surface area contributed by atoms with Crippen LogP contribution in [-0.4, -0.2) is 26.4 Å². The average Bonchev–Trinajstić information content (AvgIpc) is 3.03. The van der Waals surface area contributed by atoms with E-state index in [-0.39, 0.29) is 5.82 Å². The van der Waals surface area contributed by atoms with Gasteiger partial charge in [0.05, 0.1) is 11.4 Å². The maximum Gasteiger partial charge on any atom is 0.226 e. The van der Waals surface area contributed by atoms with Crippen LogP contribution in [0.25, 0.3) is 11.5 Å². The highest BCUT2D eigenvalue weighted by atomic mass is 19.1. The van der Waals surface area contributed by atoms with E-state index in [1.807, 2.05) is 13.1 Å². The zero-order valence-corrected chi connectivity index (χ0v) is 13.4. The first kappa shape index (κ1) is 15.0. The Morgan fingerprint density at radius 1 is 1.29 bits per heavy atom. The minimum atomic E-state index is -0.296. The van der Waals surface area contributed by atoms with E-state index in [1.54, 1.807) is 18.4 Å². The molecule has 1 aromatic carbocycles. The van der Waals surface area contributed by atoms with Gasteiger partial charge in [0.15, 0.2) is 0 Å². The smallest absolute Gasteiger partial charge is 0.226 e. The molecule has 2 aromatic heterocycles. The molecule has 5 nitrogen and oxygen atoms in total. The van der Waals surface area contributed by atoms with Crippen LogP contribution in [0.3, 0.4) is 0 Å². The molecular formula is C18H17FN4O. The van der Waals surface area contributed by atoms with E-state index in [9.17, 15) is 4.39 Å². The fourth-order valence-electron chi connectivity index (χ4n) is 2.95. The Labute approximate surface area is 139 Å². The Bertz CT molecular complexity index is 877. The molecular weight excluding hydrogens is 307 g/mol. The summed E-state index contributed by atoms with van der Waals surface area (Å²) < 4.78 is 18.8. The van der Waals surface area contributed by atoms with E-state index in [0.717, 1.165) is 36.7 Å². The van der Waals surface area contributed by atoms with Crippen molar-refractivity contribution in [1.82, 2.24) is 19.9 Å². The van der Waals surface area contributed by atoms with Crippen LogP contribution in [0.15, 0.2) is 41.1 Å². The average molecular weight is 324 g/mol. The molecule has 0 aliphatic carbocycles. The van der Waals surface area contributed by atoms with Gasteiger partial charge in [-0.25, -0.2) is 19.3 Å². The molecule has 0 amide bonds. The highest BCUT2D eigenvalue weighted by Gasteiger charge is 2.19. The van der Waals surface area contributed by atoms with E-state index in [0.29, 0.717) is 18.0 Å². The normalized spacial score (nSPS) is 14.6. The standard InChI is InChI=1S/C18H17FN4O/c1-12-20-8-14-5-6-23(10-17(14)21-12)9-16-11-24-18(22-16)13-3-2-4-15(19)7-13/h2-4,7-8,11H,5-6,9-10H2,1H3. The van der Waals surface area contributed by atoms with E-state index in [2.05, 4.69) is 19.9 Å². The lowest BCUT2D eigenvalue weighted by molar-refractivity contribution is 0.238. The molecule has 0 bridgehead atoms. The molecule has 0 atom stereocenters. The van der Waals surface area contributed by atoms with Gasteiger partial charge in [-0.2, -0.15) is 0 Å². The number of halogens is 1. The molecule has 4 rings (SSSR count). The largest absolute Gasteiger partial charge is 0.444 e. The minimum Gasteiger partial charge on any atom is -0.444 e. The van der Waals surface area contributed by atoms with Crippen molar-refractivity contribution in [2.75, 3.05) is 6.54 Å².